The highest BCUT2D eigenvalue weighted by molar-refractivity contribution is 7.92. The minimum absolute atomic E-state index is 0.0718. The molecule has 0 aromatic rings. The zero-order valence-electron chi connectivity index (χ0n) is 6.23. The SMILES string of the molecule is O=S1(=O)CCC[C@@H](O)[C@@H]2C[C@@H]21. The molecule has 0 aromatic carbocycles. The molecule has 1 aliphatic heterocycles. The zero-order valence-corrected chi connectivity index (χ0v) is 7.05. The summed E-state index contributed by atoms with van der Waals surface area (Å²) in [6, 6.07) is 0. The smallest absolute Gasteiger partial charge is 0.153 e. The molecular weight excluding hydrogens is 164 g/mol. The van der Waals surface area contributed by atoms with Gasteiger partial charge in [0, 0.05) is 5.92 Å². The largest absolute Gasteiger partial charge is 0.393 e. The molecule has 11 heavy (non-hydrogen) atoms. The Morgan fingerprint density at radius 2 is 2.09 bits per heavy atom. The Labute approximate surface area is 66.3 Å². The van der Waals surface area contributed by atoms with Crippen molar-refractivity contribution >= 4 is 9.84 Å². The summed E-state index contributed by atoms with van der Waals surface area (Å²) in [4.78, 5) is 0. The number of rotatable bonds is 0. The van der Waals surface area contributed by atoms with Crippen LogP contribution in [0.1, 0.15) is 19.3 Å². The minimum atomic E-state index is -2.82. The lowest BCUT2D eigenvalue weighted by atomic mass is 10.1. The fourth-order valence-corrected chi connectivity index (χ4v) is 3.97. The van der Waals surface area contributed by atoms with Crippen LogP contribution >= 0.6 is 0 Å². The molecule has 64 valence electrons. The molecule has 1 heterocycles. The van der Waals surface area contributed by atoms with Crippen LogP contribution in [0, 0.1) is 5.92 Å². The molecule has 0 radical (unpaired) electrons. The van der Waals surface area contributed by atoms with E-state index in [0.717, 1.165) is 0 Å². The van der Waals surface area contributed by atoms with Gasteiger partial charge in [-0.15, -0.1) is 0 Å². The van der Waals surface area contributed by atoms with E-state index in [0.29, 0.717) is 19.3 Å². The van der Waals surface area contributed by atoms with Crippen molar-refractivity contribution in [3.05, 3.63) is 0 Å². The molecule has 2 rings (SSSR count). The number of hydrogen-bond donors (Lipinski definition) is 1. The minimum Gasteiger partial charge on any atom is -0.393 e. The molecule has 3 atom stereocenters. The van der Waals surface area contributed by atoms with Gasteiger partial charge in [0.05, 0.1) is 17.1 Å². The van der Waals surface area contributed by atoms with Crippen molar-refractivity contribution in [1.29, 1.82) is 0 Å². The van der Waals surface area contributed by atoms with E-state index in [1.54, 1.807) is 0 Å². The lowest BCUT2D eigenvalue weighted by Gasteiger charge is -2.03. The maximum Gasteiger partial charge on any atom is 0.153 e. The van der Waals surface area contributed by atoms with E-state index in [4.69, 9.17) is 0 Å². The average molecular weight is 176 g/mol. The van der Waals surface area contributed by atoms with Gasteiger partial charge in [-0.25, -0.2) is 8.42 Å². The Morgan fingerprint density at radius 1 is 1.36 bits per heavy atom. The highest BCUT2D eigenvalue weighted by atomic mass is 32.2. The second-order valence-electron chi connectivity index (χ2n) is 3.51. The van der Waals surface area contributed by atoms with Crippen LogP contribution in [-0.4, -0.2) is 30.6 Å². The Hall–Kier alpha value is -0.0900. The second kappa shape index (κ2) is 2.20. The predicted octanol–water partition coefficient (Wildman–Crippen LogP) is -0.0556. The molecule has 0 bridgehead atoms. The highest BCUT2D eigenvalue weighted by Crippen LogP contribution is 2.43. The Balaban J connectivity index is 2.22. The van der Waals surface area contributed by atoms with Gasteiger partial charge in [0.1, 0.15) is 0 Å². The molecule has 0 spiro atoms. The lowest BCUT2D eigenvalue weighted by Crippen LogP contribution is -2.12. The van der Waals surface area contributed by atoms with Crippen molar-refractivity contribution in [2.45, 2.75) is 30.6 Å². The van der Waals surface area contributed by atoms with Crippen LogP contribution in [0.15, 0.2) is 0 Å². The van der Waals surface area contributed by atoms with Gasteiger partial charge in [-0.1, -0.05) is 0 Å². The molecule has 4 heteroatoms. The molecular formula is C7H12O3S. The molecule has 0 amide bonds. The van der Waals surface area contributed by atoms with Gasteiger partial charge in [0.15, 0.2) is 9.84 Å². The predicted molar refractivity (Wildman–Crippen MR) is 40.9 cm³/mol. The summed E-state index contributed by atoms with van der Waals surface area (Å²) in [7, 11) is -2.82. The van der Waals surface area contributed by atoms with Crippen molar-refractivity contribution in [3.8, 4) is 0 Å². The van der Waals surface area contributed by atoms with E-state index >= 15 is 0 Å². The van der Waals surface area contributed by atoms with Gasteiger partial charge in [-0.3, -0.25) is 0 Å². The van der Waals surface area contributed by atoms with E-state index in [2.05, 4.69) is 0 Å². The maximum absolute atomic E-state index is 11.3. The first kappa shape index (κ1) is 7.55. The molecule has 2 aliphatic rings. The molecule has 2 fully saturated rings. The van der Waals surface area contributed by atoms with Crippen LogP contribution in [0.3, 0.4) is 0 Å². The normalized spacial score (nSPS) is 47.5. The Kier molecular flexibility index (Phi) is 1.51. The van der Waals surface area contributed by atoms with Crippen LogP contribution in [-0.2, 0) is 9.84 Å². The third-order valence-corrected chi connectivity index (χ3v) is 4.99. The molecule has 1 saturated carbocycles. The fraction of sp³-hybridized carbons (Fsp3) is 1.00. The summed E-state index contributed by atoms with van der Waals surface area (Å²) >= 11 is 0. The molecule has 1 aliphatic carbocycles. The van der Waals surface area contributed by atoms with E-state index in [1.165, 1.54) is 0 Å². The van der Waals surface area contributed by atoms with Gasteiger partial charge in [-0.05, 0) is 19.3 Å². The van der Waals surface area contributed by atoms with Crippen molar-refractivity contribution in [3.63, 3.8) is 0 Å². The van der Waals surface area contributed by atoms with Gasteiger partial charge >= 0.3 is 0 Å². The van der Waals surface area contributed by atoms with Gasteiger partial charge in [0.25, 0.3) is 0 Å². The first-order valence-electron chi connectivity index (χ1n) is 4.01. The summed E-state index contributed by atoms with van der Waals surface area (Å²) in [6.45, 7) is 0. The van der Waals surface area contributed by atoms with Crippen molar-refractivity contribution in [1.82, 2.24) is 0 Å². The Morgan fingerprint density at radius 3 is 2.82 bits per heavy atom. The van der Waals surface area contributed by atoms with Gasteiger partial charge in [-0.2, -0.15) is 0 Å². The molecule has 3 nitrogen and oxygen atoms in total. The third-order valence-electron chi connectivity index (χ3n) is 2.66. The summed E-state index contributed by atoms with van der Waals surface area (Å²) in [6.07, 6.45) is 1.65. The maximum atomic E-state index is 11.3. The first-order valence-corrected chi connectivity index (χ1v) is 5.72. The molecule has 0 aromatic heterocycles. The Bertz CT molecular complexity index is 257. The average Bonchev–Trinajstić information content (AvgIpc) is 2.62. The van der Waals surface area contributed by atoms with E-state index in [9.17, 15) is 13.5 Å². The van der Waals surface area contributed by atoms with Crippen LogP contribution in [0.2, 0.25) is 0 Å². The summed E-state index contributed by atoms with van der Waals surface area (Å²) in [5, 5.41) is 9.17. The zero-order chi connectivity index (χ0) is 8.06. The standard InChI is InChI=1S/C7H12O3S/c8-6-2-1-3-11(9,10)7-4-5(6)7/h5-8H,1-4H2/t5-,6+,7-/m0/s1. The quantitative estimate of drug-likeness (QED) is 0.562. The van der Waals surface area contributed by atoms with Crippen molar-refractivity contribution in [2.75, 3.05) is 5.75 Å². The van der Waals surface area contributed by atoms with Gasteiger partial charge < -0.3 is 5.11 Å². The lowest BCUT2D eigenvalue weighted by molar-refractivity contribution is 0.143. The van der Waals surface area contributed by atoms with Crippen molar-refractivity contribution < 1.29 is 13.5 Å². The molecule has 1 N–H and O–H groups in total. The number of fused-ring (bicyclic) bond motifs is 1. The second-order valence-corrected chi connectivity index (χ2v) is 5.85. The van der Waals surface area contributed by atoms with Crippen molar-refractivity contribution in [2.24, 2.45) is 5.92 Å². The fourth-order valence-electron chi connectivity index (χ4n) is 1.87. The van der Waals surface area contributed by atoms with E-state index < -0.39 is 9.84 Å². The first-order chi connectivity index (χ1) is 5.11. The summed E-state index contributed by atoms with van der Waals surface area (Å²) in [5.74, 6) is 0.355. The molecule has 1 saturated heterocycles. The van der Waals surface area contributed by atoms with Gasteiger partial charge in [0.2, 0.25) is 0 Å². The molecule has 0 unspecified atom stereocenters. The van der Waals surface area contributed by atoms with Crippen LogP contribution in [0.4, 0.5) is 0 Å². The summed E-state index contributed by atoms with van der Waals surface area (Å²) < 4.78 is 22.6. The van der Waals surface area contributed by atoms with Crippen LogP contribution < -0.4 is 0 Å². The number of aliphatic hydroxyl groups excluding tert-OH is 1. The van der Waals surface area contributed by atoms with E-state index in [1.807, 2.05) is 0 Å². The highest BCUT2D eigenvalue weighted by Gasteiger charge is 2.51. The van der Waals surface area contributed by atoms with Crippen LogP contribution in [0.5, 0.6) is 0 Å². The number of hydrogen-bond acceptors (Lipinski definition) is 3. The third kappa shape index (κ3) is 1.18. The number of sulfone groups is 1. The monoisotopic (exact) mass is 176 g/mol. The van der Waals surface area contributed by atoms with Crippen LogP contribution in [0.25, 0.3) is 0 Å². The topological polar surface area (TPSA) is 54.4 Å². The number of aliphatic hydroxyl groups is 1. The van der Waals surface area contributed by atoms with E-state index in [-0.39, 0.29) is 23.0 Å². The summed E-state index contributed by atoms with van der Waals surface area (Å²) in [5.41, 5.74) is 0.